The Morgan fingerprint density at radius 3 is 2.48 bits per heavy atom. The van der Waals surface area contributed by atoms with Crippen LogP contribution in [0.3, 0.4) is 0 Å². The van der Waals surface area contributed by atoms with Gasteiger partial charge in [0.1, 0.15) is 12.4 Å². The topological polar surface area (TPSA) is 72.7 Å². The molecule has 0 saturated carbocycles. The van der Waals surface area contributed by atoms with Gasteiger partial charge in [-0.1, -0.05) is 27.7 Å². The van der Waals surface area contributed by atoms with E-state index < -0.39 is 0 Å². The lowest BCUT2D eigenvalue weighted by Crippen LogP contribution is -2.30. The molecule has 2 aliphatic rings. The Balaban J connectivity index is 1.65. The predicted molar refractivity (Wildman–Crippen MR) is 121 cm³/mol. The largest absolute Gasteiger partial charge is 0.492 e. The third-order valence-electron chi connectivity index (χ3n) is 6.70. The van der Waals surface area contributed by atoms with E-state index in [2.05, 4.69) is 32.6 Å². The second-order valence-corrected chi connectivity index (χ2v) is 8.67. The first kappa shape index (κ1) is 21.2. The molecule has 31 heavy (non-hydrogen) atoms. The number of ether oxygens (including phenoxy) is 1. The summed E-state index contributed by atoms with van der Waals surface area (Å²) in [5.41, 5.74) is 4.74. The molecule has 0 amide bonds. The summed E-state index contributed by atoms with van der Waals surface area (Å²) in [7, 11) is 0. The second kappa shape index (κ2) is 7.93. The van der Waals surface area contributed by atoms with E-state index in [9.17, 15) is 14.9 Å². The summed E-state index contributed by atoms with van der Waals surface area (Å²) in [6.07, 6.45) is 0.553. The van der Waals surface area contributed by atoms with E-state index >= 15 is 0 Å². The Hall–Kier alpha value is -2.99. The van der Waals surface area contributed by atoms with Gasteiger partial charge in [0.15, 0.2) is 5.78 Å². The van der Waals surface area contributed by atoms with E-state index in [-0.39, 0.29) is 21.8 Å². The number of nitro benzene ring substituents is 1. The molecule has 0 spiro atoms. The van der Waals surface area contributed by atoms with Crippen LogP contribution in [0.4, 0.5) is 5.69 Å². The first-order valence-corrected chi connectivity index (χ1v) is 10.8. The van der Waals surface area contributed by atoms with Gasteiger partial charge in [0, 0.05) is 35.2 Å². The van der Waals surface area contributed by atoms with Crippen LogP contribution in [0.5, 0.6) is 5.75 Å². The van der Waals surface area contributed by atoms with E-state index in [0.717, 1.165) is 47.6 Å². The van der Waals surface area contributed by atoms with Crippen LogP contribution < -0.4 is 4.74 Å². The van der Waals surface area contributed by atoms with E-state index in [4.69, 9.17) is 4.74 Å². The number of benzene rings is 2. The molecule has 0 unspecified atom stereocenters. The van der Waals surface area contributed by atoms with Gasteiger partial charge in [-0.05, 0) is 66.0 Å². The molecule has 0 fully saturated rings. The monoisotopic (exact) mass is 420 g/mol. The number of rotatable bonds is 7. The number of carbonyl (C=O) groups excluding carboxylic acids is 1. The highest BCUT2D eigenvalue weighted by Gasteiger charge is 2.43. The number of fused-ring (bicyclic) bond motifs is 3. The van der Waals surface area contributed by atoms with Gasteiger partial charge < -0.3 is 9.64 Å². The first-order chi connectivity index (χ1) is 14.8. The third-order valence-corrected chi connectivity index (χ3v) is 6.70. The number of likely N-dealkylation sites (N-methyl/N-ethyl adjacent to an activating group) is 1. The second-order valence-electron chi connectivity index (χ2n) is 8.67. The smallest absolute Gasteiger partial charge is 0.269 e. The molecule has 6 nitrogen and oxygen atoms in total. The number of non-ortho nitro benzene ring substituents is 1. The van der Waals surface area contributed by atoms with Crippen LogP contribution >= 0.6 is 0 Å². The number of nitrogens with zero attached hydrogens (tertiary/aromatic N) is 2. The summed E-state index contributed by atoms with van der Waals surface area (Å²) in [5, 5.41) is 11.2. The van der Waals surface area contributed by atoms with Gasteiger partial charge in [-0.15, -0.1) is 0 Å². The van der Waals surface area contributed by atoms with Gasteiger partial charge in [0.05, 0.1) is 4.92 Å². The maximum Gasteiger partial charge on any atom is 0.269 e. The van der Waals surface area contributed by atoms with Crippen molar-refractivity contribution in [3.8, 4) is 5.75 Å². The summed E-state index contributed by atoms with van der Waals surface area (Å²) in [6, 6.07) is 10.5. The molecule has 0 N–H and O–H groups in total. The molecule has 6 heteroatoms. The van der Waals surface area contributed by atoms with Gasteiger partial charge in [-0.25, -0.2) is 0 Å². The predicted octanol–water partition coefficient (Wildman–Crippen LogP) is 4.80. The van der Waals surface area contributed by atoms with E-state index in [1.165, 1.54) is 6.07 Å². The summed E-state index contributed by atoms with van der Waals surface area (Å²) in [4.78, 5) is 26.5. The first-order valence-electron chi connectivity index (χ1n) is 10.8. The molecule has 0 bridgehead atoms. The van der Waals surface area contributed by atoms with Gasteiger partial charge >= 0.3 is 0 Å². The van der Waals surface area contributed by atoms with Crippen molar-refractivity contribution in [3.63, 3.8) is 0 Å². The van der Waals surface area contributed by atoms with E-state index in [1.807, 2.05) is 18.2 Å². The van der Waals surface area contributed by atoms with Gasteiger partial charge in [-0.2, -0.15) is 0 Å². The molecule has 2 aliphatic carbocycles. The van der Waals surface area contributed by atoms with Crippen LogP contribution in [0.1, 0.15) is 54.7 Å². The van der Waals surface area contributed by atoms with Gasteiger partial charge in [0.2, 0.25) is 0 Å². The van der Waals surface area contributed by atoms with Crippen molar-refractivity contribution in [1.29, 1.82) is 0 Å². The maximum absolute atomic E-state index is 13.4. The normalized spacial score (nSPS) is 16.2. The molecule has 0 aromatic heterocycles. The molecule has 0 radical (unpaired) electrons. The van der Waals surface area contributed by atoms with Crippen LogP contribution in [0, 0.1) is 10.1 Å². The zero-order valence-corrected chi connectivity index (χ0v) is 18.5. The lowest BCUT2D eigenvalue weighted by Gasteiger charge is -2.34. The molecule has 162 valence electrons. The van der Waals surface area contributed by atoms with Crippen molar-refractivity contribution in [2.24, 2.45) is 0 Å². The lowest BCUT2D eigenvalue weighted by molar-refractivity contribution is -0.384. The van der Waals surface area contributed by atoms with Crippen molar-refractivity contribution in [2.75, 3.05) is 26.2 Å². The van der Waals surface area contributed by atoms with E-state index in [0.29, 0.717) is 24.2 Å². The fourth-order valence-electron chi connectivity index (χ4n) is 4.78. The molecule has 4 rings (SSSR count). The Bertz CT molecular complexity index is 1100. The summed E-state index contributed by atoms with van der Waals surface area (Å²) in [6.45, 7) is 11.9. The quantitative estimate of drug-likeness (QED) is 0.475. The minimum Gasteiger partial charge on any atom is -0.492 e. The molecule has 0 aliphatic heterocycles. The summed E-state index contributed by atoms with van der Waals surface area (Å²) in [5.74, 6) is 0.758. The van der Waals surface area contributed by atoms with Crippen LogP contribution in [0.25, 0.3) is 5.57 Å². The molecule has 0 saturated heterocycles. The number of carbonyl (C=O) groups is 1. The highest BCUT2D eigenvalue weighted by Crippen LogP contribution is 2.50. The maximum atomic E-state index is 13.4. The van der Waals surface area contributed by atoms with Crippen LogP contribution in [0.2, 0.25) is 0 Å². The molecule has 2 aromatic rings. The molecule has 0 atom stereocenters. The fourth-order valence-corrected chi connectivity index (χ4v) is 4.78. The lowest BCUT2D eigenvalue weighted by atomic mass is 9.68. The van der Waals surface area contributed by atoms with Crippen molar-refractivity contribution in [2.45, 2.75) is 39.5 Å². The number of ketones is 1. The minimum absolute atomic E-state index is 0.00776. The SMILES string of the molecule is CCN(CC)CCOc1ccc2c(c1)C(C)(C)C1=C(C2=O)c2ccc([N+](=O)[O-])cc2C1. The fraction of sp³-hybridized carbons (Fsp3) is 0.400. The molecular formula is C25H28N2O4. The summed E-state index contributed by atoms with van der Waals surface area (Å²) < 4.78 is 6.01. The number of Topliss-reactive ketones (excluding diaryl/α,β-unsaturated/α-hetero) is 1. The minimum atomic E-state index is -0.388. The average Bonchev–Trinajstić information content (AvgIpc) is 3.15. The van der Waals surface area contributed by atoms with E-state index in [1.54, 1.807) is 12.1 Å². The van der Waals surface area contributed by atoms with Crippen molar-refractivity contribution in [3.05, 3.63) is 74.3 Å². The Kier molecular flexibility index (Phi) is 5.43. The molecule has 0 heterocycles. The Morgan fingerprint density at radius 2 is 1.81 bits per heavy atom. The van der Waals surface area contributed by atoms with Crippen molar-refractivity contribution >= 4 is 17.0 Å². The van der Waals surface area contributed by atoms with Gasteiger partial charge in [-0.3, -0.25) is 14.9 Å². The number of allylic oxidation sites excluding steroid dienone is 2. The van der Waals surface area contributed by atoms with Crippen LogP contribution in [-0.4, -0.2) is 41.8 Å². The standard InChI is InChI=1S/C25H28N2O4/c1-5-26(6-2)11-12-31-18-8-10-20-21(15-18)25(3,4)22-14-16-13-17(27(29)30)7-9-19(16)23(22)24(20)28/h7-10,13,15H,5-6,11-12,14H2,1-4H3. The summed E-state index contributed by atoms with van der Waals surface area (Å²) >= 11 is 0. The number of hydrogen-bond acceptors (Lipinski definition) is 5. The van der Waals surface area contributed by atoms with Crippen LogP contribution in [-0.2, 0) is 11.8 Å². The molecular weight excluding hydrogens is 392 g/mol. The van der Waals surface area contributed by atoms with Crippen LogP contribution in [0.15, 0.2) is 42.0 Å². The molecule has 2 aromatic carbocycles. The Labute approximate surface area is 182 Å². The number of nitro groups is 1. The zero-order chi connectivity index (χ0) is 22.3. The highest BCUT2D eigenvalue weighted by atomic mass is 16.6. The highest BCUT2D eigenvalue weighted by molar-refractivity contribution is 6.33. The third kappa shape index (κ3) is 3.55. The zero-order valence-electron chi connectivity index (χ0n) is 18.5. The average molecular weight is 421 g/mol. The van der Waals surface area contributed by atoms with Gasteiger partial charge in [0.25, 0.3) is 5.69 Å². The van der Waals surface area contributed by atoms with Crippen molar-refractivity contribution in [1.82, 2.24) is 4.90 Å². The Morgan fingerprint density at radius 1 is 1.10 bits per heavy atom. The van der Waals surface area contributed by atoms with Crippen molar-refractivity contribution < 1.29 is 14.5 Å². The number of hydrogen-bond donors (Lipinski definition) is 0.